The first-order valence-electron chi connectivity index (χ1n) is 6.91. The van der Waals surface area contributed by atoms with E-state index in [9.17, 15) is 14.0 Å². The molecular formula is C16H10F2N4. The van der Waals surface area contributed by atoms with E-state index in [1.165, 1.54) is 12.3 Å². The molecule has 0 bridgehead atoms. The SMILES string of the molecule is N#Cc1cnccc1-c1nc2ccc(F)c(F)c2n1C1CC1. The summed E-state index contributed by atoms with van der Waals surface area (Å²) in [6, 6.07) is 6.37. The maximum atomic E-state index is 14.2. The number of imidazole rings is 1. The van der Waals surface area contributed by atoms with Crippen LogP contribution in [-0.4, -0.2) is 14.5 Å². The Labute approximate surface area is 124 Å². The molecule has 108 valence electrons. The Hall–Kier alpha value is -2.81. The van der Waals surface area contributed by atoms with Gasteiger partial charge in [0.15, 0.2) is 11.6 Å². The summed E-state index contributed by atoms with van der Waals surface area (Å²) in [5.74, 6) is -1.30. The van der Waals surface area contributed by atoms with Gasteiger partial charge in [-0.05, 0) is 31.0 Å². The van der Waals surface area contributed by atoms with Crippen molar-refractivity contribution < 1.29 is 8.78 Å². The normalized spacial score (nSPS) is 14.2. The average Bonchev–Trinajstić information content (AvgIpc) is 3.31. The number of nitrogens with zero attached hydrogens (tertiary/aromatic N) is 4. The lowest BCUT2D eigenvalue weighted by Gasteiger charge is -2.09. The molecule has 0 unspecified atom stereocenters. The molecule has 1 aliphatic carbocycles. The van der Waals surface area contributed by atoms with Crippen LogP contribution >= 0.6 is 0 Å². The monoisotopic (exact) mass is 296 g/mol. The third kappa shape index (κ3) is 1.79. The lowest BCUT2D eigenvalue weighted by Crippen LogP contribution is -2.01. The average molecular weight is 296 g/mol. The minimum atomic E-state index is -0.893. The van der Waals surface area contributed by atoms with Crippen LogP contribution in [0.3, 0.4) is 0 Å². The molecule has 0 N–H and O–H groups in total. The van der Waals surface area contributed by atoms with Crippen LogP contribution in [0.4, 0.5) is 8.78 Å². The van der Waals surface area contributed by atoms with E-state index in [0.717, 1.165) is 18.9 Å². The van der Waals surface area contributed by atoms with Crippen LogP contribution in [0.5, 0.6) is 0 Å². The first-order valence-corrected chi connectivity index (χ1v) is 6.91. The van der Waals surface area contributed by atoms with Crippen molar-refractivity contribution in [2.24, 2.45) is 0 Å². The minimum Gasteiger partial charge on any atom is -0.318 e. The van der Waals surface area contributed by atoms with Crippen LogP contribution in [0, 0.1) is 23.0 Å². The quantitative estimate of drug-likeness (QED) is 0.726. The number of hydrogen-bond donors (Lipinski definition) is 0. The molecule has 2 heterocycles. The van der Waals surface area contributed by atoms with Crippen molar-refractivity contribution in [1.29, 1.82) is 5.26 Å². The van der Waals surface area contributed by atoms with E-state index in [1.54, 1.807) is 16.8 Å². The molecule has 0 spiro atoms. The van der Waals surface area contributed by atoms with Gasteiger partial charge in [-0.3, -0.25) is 4.98 Å². The second-order valence-corrected chi connectivity index (χ2v) is 5.30. The number of hydrogen-bond acceptors (Lipinski definition) is 3. The zero-order valence-corrected chi connectivity index (χ0v) is 11.4. The summed E-state index contributed by atoms with van der Waals surface area (Å²) in [4.78, 5) is 8.36. The molecule has 1 aliphatic rings. The maximum absolute atomic E-state index is 14.2. The molecule has 1 aromatic carbocycles. The minimum absolute atomic E-state index is 0.0935. The molecule has 0 amide bonds. The van der Waals surface area contributed by atoms with E-state index in [-0.39, 0.29) is 11.6 Å². The number of benzene rings is 1. The molecule has 0 atom stereocenters. The largest absolute Gasteiger partial charge is 0.318 e. The maximum Gasteiger partial charge on any atom is 0.184 e. The number of aromatic nitrogens is 3. The molecule has 4 nitrogen and oxygen atoms in total. The molecule has 0 saturated heterocycles. The number of halogens is 2. The zero-order valence-electron chi connectivity index (χ0n) is 11.4. The number of pyridine rings is 1. The van der Waals surface area contributed by atoms with Crippen LogP contribution in [0.2, 0.25) is 0 Å². The molecule has 0 aliphatic heterocycles. The van der Waals surface area contributed by atoms with Crippen LogP contribution in [0.1, 0.15) is 24.4 Å². The van der Waals surface area contributed by atoms with Crippen molar-refractivity contribution in [1.82, 2.24) is 14.5 Å². The Morgan fingerprint density at radius 3 is 2.77 bits per heavy atom. The molecule has 0 radical (unpaired) electrons. The van der Waals surface area contributed by atoms with Gasteiger partial charge in [-0.25, -0.2) is 13.8 Å². The fourth-order valence-electron chi connectivity index (χ4n) is 2.68. The third-order valence-electron chi connectivity index (χ3n) is 3.84. The molecule has 1 saturated carbocycles. The highest BCUT2D eigenvalue weighted by Gasteiger charge is 2.31. The summed E-state index contributed by atoms with van der Waals surface area (Å²) in [7, 11) is 0. The summed E-state index contributed by atoms with van der Waals surface area (Å²) in [5, 5.41) is 9.24. The van der Waals surface area contributed by atoms with Crippen molar-refractivity contribution in [3.8, 4) is 17.5 Å². The second-order valence-electron chi connectivity index (χ2n) is 5.30. The van der Waals surface area contributed by atoms with E-state index in [1.807, 2.05) is 0 Å². The predicted molar refractivity (Wildman–Crippen MR) is 75.9 cm³/mol. The van der Waals surface area contributed by atoms with E-state index < -0.39 is 11.6 Å². The molecule has 22 heavy (non-hydrogen) atoms. The third-order valence-corrected chi connectivity index (χ3v) is 3.84. The topological polar surface area (TPSA) is 54.5 Å². The van der Waals surface area contributed by atoms with Gasteiger partial charge in [0, 0.05) is 24.0 Å². The lowest BCUT2D eigenvalue weighted by atomic mass is 10.1. The number of rotatable bonds is 2. The van der Waals surface area contributed by atoms with E-state index in [4.69, 9.17) is 0 Å². The van der Waals surface area contributed by atoms with Crippen LogP contribution in [0.25, 0.3) is 22.4 Å². The van der Waals surface area contributed by atoms with E-state index in [2.05, 4.69) is 16.0 Å². The van der Waals surface area contributed by atoms with Crippen molar-refractivity contribution in [3.05, 3.63) is 47.8 Å². The van der Waals surface area contributed by atoms with Gasteiger partial charge in [0.2, 0.25) is 0 Å². The van der Waals surface area contributed by atoms with Gasteiger partial charge < -0.3 is 4.57 Å². The van der Waals surface area contributed by atoms with Crippen LogP contribution in [0.15, 0.2) is 30.6 Å². The van der Waals surface area contributed by atoms with Gasteiger partial charge in [-0.1, -0.05) is 0 Å². The number of fused-ring (bicyclic) bond motifs is 1. The van der Waals surface area contributed by atoms with Crippen molar-refractivity contribution >= 4 is 11.0 Å². The molecular weight excluding hydrogens is 286 g/mol. The highest BCUT2D eigenvalue weighted by molar-refractivity contribution is 5.82. The summed E-state index contributed by atoms with van der Waals surface area (Å²) in [6.07, 6.45) is 4.79. The summed E-state index contributed by atoms with van der Waals surface area (Å²) >= 11 is 0. The van der Waals surface area contributed by atoms with E-state index in [0.29, 0.717) is 22.5 Å². The molecule has 3 aromatic rings. The molecule has 6 heteroatoms. The van der Waals surface area contributed by atoms with Gasteiger partial charge in [-0.2, -0.15) is 5.26 Å². The Bertz CT molecular complexity index is 935. The summed E-state index contributed by atoms with van der Waals surface area (Å²) < 4.78 is 29.5. The Kier molecular flexibility index (Phi) is 2.70. The fourth-order valence-corrected chi connectivity index (χ4v) is 2.68. The van der Waals surface area contributed by atoms with Crippen molar-refractivity contribution in [3.63, 3.8) is 0 Å². The number of nitriles is 1. The molecule has 4 rings (SSSR count). The van der Waals surface area contributed by atoms with Gasteiger partial charge in [0.05, 0.1) is 11.1 Å². The van der Waals surface area contributed by atoms with Gasteiger partial charge >= 0.3 is 0 Å². The smallest absolute Gasteiger partial charge is 0.184 e. The Balaban J connectivity index is 2.09. The Morgan fingerprint density at radius 2 is 2.05 bits per heavy atom. The Morgan fingerprint density at radius 1 is 1.23 bits per heavy atom. The lowest BCUT2D eigenvalue weighted by molar-refractivity contribution is 0.511. The van der Waals surface area contributed by atoms with Crippen LogP contribution < -0.4 is 0 Å². The fraction of sp³-hybridized carbons (Fsp3) is 0.188. The van der Waals surface area contributed by atoms with Gasteiger partial charge in [0.25, 0.3) is 0 Å². The highest BCUT2D eigenvalue weighted by Crippen LogP contribution is 2.42. The second kappa shape index (κ2) is 4.60. The van der Waals surface area contributed by atoms with Crippen molar-refractivity contribution in [2.45, 2.75) is 18.9 Å². The summed E-state index contributed by atoms with van der Waals surface area (Å²) in [6.45, 7) is 0. The highest BCUT2D eigenvalue weighted by atomic mass is 19.2. The zero-order chi connectivity index (χ0) is 15.3. The molecule has 2 aromatic heterocycles. The van der Waals surface area contributed by atoms with E-state index >= 15 is 0 Å². The van der Waals surface area contributed by atoms with Gasteiger partial charge in [0.1, 0.15) is 17.4 Å². The first-order chi connectivity index (χ1) is 10.7. The van der Waals surface area contributed by atoms with Crippen LogP contribution in [-0.2, 0) is 0 Å². The van der Waals surface area contributed by atoms with Crippen molar-refractivity contribution in [2.75, 3.05) is 0 Å². The standard InChI is InChI=1S/C16H10F2N4/c17-12-3-4-13-15(14(12)18)22(10-1-2-10)16(21-13)11-5-6-20-8-9(11)7-19/h3-6,8,10H,1-2H2. The molecule has 1 fully saturated rings. The summed E-state index contributed by atoms with van der Waals surface area (Å²) in [5.41, 5.74) is 1.50. The first kappa shape index (κ1) is 12.9. The predicted octanol–water partition coefficient (Wildman–Crippen LogP) is 3.58. The van der Waals surface area contributed by atoms with Gasteiger partial charge in [-0.15, -0.1) is 0 Å².